The van der Waals surface area contributed by atoms with Gasteiger partial charge in [-0.15, -0.1) is 48.0 Å². The Labute approximate surface area is 163 Å². The van der Waals surface area contributed by atoms with Crippen molar-refractivity contribution in [1.82, 2.24) is 0 Å². The molecule has 3 heteroatoms. The summed E-state index contributed by atoms with van der Waals surface area (Å²) in [5.41, 5.74) is 4.35. The summed E-state index contributed by atoms with van der Waals surface area (Å²) in [4.78, 5) is 0. The molecule has 1 aliphatic carbocycles. The van der Waals surface area contributed by atoms with Crippen LogP contribution in [0.25, 0.3) is 6.08 Å². The van der Waals surface area contributed by atoms with Crippen LogP contribution in [-0.4, -0.2) is 0 Å². The fourth-order valence-electron chi connectivity index (χ4n) is 2.44. The van der Waals surface area contributed by atoms with Crippen molar-refractivity contribution in [2.75, 3.05) is 0 Å². The molecule has 97 valence electrons. The second kappa shape index (κ2) is 7.50. The Hall–Kier alpha value is 0.510. The average Bonchev–Trinajstić information content (AvgIpc) is 2.69. The molecule has 19 heavy (non-hydrogen) atoms. The van der Waals surface area contributed by atoms with Gasteiger partial charge in [0, 0.05) is 0 Å². The Kier molecular flexibility index (Phi) is 6.93. The Bertz CT molecular complexity index is 566. The van der Waals surface area contributed by atoms with Crippen molar-refractivity contribution in [2.45, 2.75) is 9.59 Å². The van der Waals surface area contributed by atoms with E-state index in [2.05, 4.69) is 66.7 Å². The molecule has 0 saturated heterocycles. The molecular formula is C16H15HfI2. The fourth-order valence-corrected chi connectivity index (χ4v) is 4.29. The quantitative estimate of drug-likeness (QED) is 0.323. The van der Waals surface area contributed by atoms with Crippen molar-refractivity contribution >= 4 is 54.0 Å². The number of allylic oxidation sites excluding steroid dienone is 1. The van der Waals surface area contributed by atoms with E-state index in [9.17, 15) is 0 Å². The number of fused-ring (bicyclic) bond motifs is 1. The van der Waals surface area contributed by atoms with Gasteiger partial charge in [0.1, 0.15) is 0 Å². The molecule has 0 N–H and O–H groups in total. The van der Waals surface area contributed by atoms with E-state index in [1.54, 1.807) is 0 Å². The molecule has 0 aliphatic heterocycles. The van der Waals surface area contributed by atoms with Crippen molar-refractivity contribution in [2.24, 2.45) is 0 Å². The molecule has 1 aliphatic rings. The molecule has 0 nitrogen and oxygen atoms in total. The van der Waals surface area contributed by atoms with Crippen molar-refractivity contribution < 1.29 is 24.4 Å². The van der Waals surface area contributed by atoms with Crippen molar-refractivity contribution in [3.05, 3.63) is 77.4 Å². The molecular weight excluding hydrogens is 624 g/mol. The van der Waals surface area contributed by atoms with Crippen LogP contribution in [0.2, 0.25) is 0 Å². The minimum absolute atomic E-state index is 0. The Morgan fingerprint density at radius 2 is 1.47 bits per heavy atom. The van der Waals surface area contributed by atoms with E-state index < -0.39 is 0 Å². The van der Waals surface area contributed by atoms with E-state index in [1.165, 1.54) is 16.7 Å². The molecule has 1 atom stereocenters. The number of hydrogen-bond donors (Lipinski definition) is 0. The van der Waals surface area contributed by atoms with Gasteiger partial charge in [-0.05, 0) is 0 Å². The van der Waals surface area contributed by atoms with Gasteiger partial charge in [0.05, 0.1) is 0 Å². The van der Waals surface area contributed by atoms with Gasteiger partial charge in [0.15, 0.2) is 0 Å². The first-order valence-electron chi connectivity index (χ1n) is 5.86. The molecule has 0 spiro atoms. The van der Waals surface area contributed by atoms with Gasteiger partial charge in [-0.2, -0.15) is 0 Å². The SMILES string of the molecule is I.I.[Hf][C]1(Cc2ccccc2)C=Cc2ccccc21. The second-order valence-corrected chi connectivity index (χ2v) is 7.76. The van der Waals surface area contributed by atoms with Gasteiger partial charge in [-0.25, -0.2) is 0 Å². The van der Waals surface area contributed by atoms with Gasteiger partial charge in [0.25, 0.3) is 0 Å². The molecule has 0 aromatic heterocycles. The van der Waals surface area contributed by atoms with Crippen LogP contribution in [0.5, 0.6) is 0 Å². The second-order valence-electron chi connectivity index (χ2n) is 4.55. The molecule has 1 unspecified atom stereocenters. The Balaban J connectivity index is 0.000000902. The molecule has 2 aromatic rings. The Morgan fingerprint density at radius 3 is 2.21 bits per heavy atom. The van der Waals surface area contributed by atoms with Gasteiger partial charge in [-0.1, -0.05) is 0 Å². The molecule has 0 fully saturated rings. The van der Waals surface area contributed by atoms with Crippen LogP contribution < -0.4 is 0 Å². The molecule has 3 rings (SSSR count). The van der Waals surface area contributed by atoms with Crippen molar-refractivity contribution in [3.8, 4) is 0 Å². The van der Waals surface area contributed by atoms with Crippen LogP contribution in [0.15, 0.2) is 60.7 Å². The predicted octanol–water partition coefficient (Wildman–Crippen LogP) is 4.93. The van der Waals surface area contributed by atoms with Crippen LogP contribution in [0, 0.1) is 0 Å². The van der Waals surface area contributed by atoms with Crippen LogP contribution in [0.4, 0.5) is 0 Å². The van der Waals surface area contributed by atoms with Gasteiger partial charge >= 0.3 is 117 Å². The zero-order valence-electron chi connectivity index (χ0n) is 10.4. The monoisotopic (exact) mass is 641 g/mol. The molecule has 0 heterocycles. The van der Waals surface area contributed by atoms with Crippen LogP contribution in [-0.2, 0) is 34.0 Å². The maximum absolute atomic E-state index is 2.40. The summed E-state index contributed by atoms with van der Waals surface area (Å²) in [7, 11) is 0. The third-order valence-electron chi connectivity index (χ3n) is 3.31. The van der Waals surface area contributed by atoms with E-state index in [1.807, 2.05) is 0 Å². The normalized spacial score (nSPS) is 19.1. The summed E-state index contributed by atoms with van der Waals surface area (Å²) < 4.78 is 0.290. The summed E-state index contributed by atoms with van der Waals surface area (Å²) in [6.45, 7) is 0. The summed E-state index contributed by atoms with van der Waals surface area (Å²) in [5, 5.41) is 0. The summed E-state index contributed by atoms with van der Waals surface area (Å²) in [6, 6.07) is 19.6. The molecule has 0 radical (unpaired) electrons. The van der Waals surface area contributed by atoms with Gasteiger partial charge in [0.2, 0.25) is 0 Å². The summed E-state index contributed by atoms with van der Waals surface area (Å²) >= 11 is 1.16. The van der Waals surface area contributed by atoms with E-state index in [0.29, 0.717) is 0 Å². The topological polar surface area (TPSA) is 0 Å². The van der Waals surface area contributed by atoms with Crippen molar-refractivity contribution in [1.29, 1.82) is 0 Å². The van der Waals surface area contributed by atoms with Crippen LogP contribution >= 0.6 is 48.0 Å². The van der Waals surface area contributed by atoms with Crippen LogP contribution in [0.1, 0.15) is 16.7 Å². The zero-order valence-corrected chi connectivity index (χ0v) is 18.6. The van der Waals surface area contributed by atoms with E-state index >= 15 is 0 Å². The molecule has 0 saturated carbocycles. The maximum atomic E-state index is 2.40. The first kappa shape index (κ1) is 17.6. The Morgan fingerprint density at radius 1 is 0.842 bits per heavy atom. The first-order chi connectivity index (χ1) is 8.28. The fraction of sp³-hybridized carbons (Fsp3) is 0.125. The third-order valence-corrected chi connectivity index (χ3v) is 5.52. The zero-order chi connectivity index (χ0) is 11.7. The van der Waals surface area contributed by atoms with E-state index in [0.717, 1.165) is 30.8 Å². The van der Waals surface area contributed by atoms with Crippen LogP contribution in [0.3, 0.4) is 0 Å². The van der Waals surface area contributed by atoms with Crippen molar-refractivity contribution in [3.63, 3.8) is 0 Å². The number of hydrogen-bond acceptors (Lipinski definition) is 0. The first-order valence-corrected chi connectivity index (χ1v) is 7.65. The number of halogens is 2. The van der Waals surface area contributed by atoms with Gasteiger partial charge in [-0.3, -0.25) is 0 Å². The predicted molar refractivity (Wildman–Crippen MR) is 98.1 cm³/mol. The summed E-state index contributed by atoms with van der Waals surface area (Å²) in [6.07, 6.45) is 5.82. The minimum atomic E-state index is 0. The standard InChI is InChI=1S/C16H13.Hf.2HI/c1-2-6-13(7-3-1)12-15-11-10-14-8-4-5-9-16(14)15;;;/h1-11H,12H2;;2*1H. The summed E-state index contributed by atoms with van der Waals surface area (Å²) in [5.74, 6) is 0. The van der Waals surface area contributed by atoms with E-state index in [-0.39, 0.29) is 51.1 Å². The number of rotatable bonds is 2. The molecule has 0 bridgehead atoms. The molecule has 2 aromatic carbocycles. The number of benzene rings is 2. The molecule has 0 amide bonds. The third kappa shape index (κ3) is 3.79. The average molecular weight is 640 g/mol. The van der Waals surface area contributed by atoms with E-state index in [4.69, 9.17) is 0 Å². The van der Waals surface area contributed by atoms with Gasteiger partial charge < -0.3 is 0 Å².